The van der Waals surface area contributed by atoms with Crippen molar-refractivity contribution < 1.29 is 17.6 Å². The quantitative estimate of drug-likeness (QED) is 0.752. The molecule has 1 aromatic carbocycles. The molecule has 2 bridgehead atoms. The summed E-state index contributed by atoms with van der Waals surface area (Å²) < 4.78 is 54.4. The molecular weight excluding hydrogens is 378 g/mol. The molecule has 144 valence electrons. The van der Waals surface area contributed by atoms with Crippen LogP contribution in [0.25, 0.3) is 10.1 Å². The number of rotatable bonds is 3. The lowest BCUT2D eigenvalue weighted by Crippen LogP contribution is -2.53. The van der Waals surface area contributed by atoms with Gasteiger partial charge in [0.05, 0.1) is 22.8 Å². The molecule has 2 fully saturated rings. The normalized spacial score (nSPS) is 28.4. The van der Waals surface area contributed by atoms with Gasteiger partial charge in [0.25, 0.3) is 0 Å². The van der Waals surface area contributed by atoms with Crippen molar-refractivity contribution >= 4 is 27.1 Å². The van der Waals surface area contributed by atoms with Crippen molar-refractivity contribution in [3.05, 3.63) is 28.6 Å². The molecule has 3 nitrogen and oxygen atoms in total. The largest absolute Gasteiger partial charge is 0.393 e. The minimum Gasteiger partial charge on any atom is -0.378 e. The first-order chi connectivity index (χ1) is 12.8. The highest BCUT2D eigenvalue weighted by molar-refractivity contribution is 7.20. The number of benzene rings is 1. The molecule has 0 amide bonds. The SMILES string of the molecule is CN1[C@@H]2CC[C@H]1[C@H](F)[C@H](Nc1cccc3c(CC(F)(F)F)c(C#N)sc13)C2. The topological polar surface area (TPSA) is 39.1 Å². The Morgan fingerprint density at radius 1 is 1.33 bits per heavy atom. The molecule has 2 aliphatic rings. The highest BCUT2D eigenvalue weighted by Crippen LogP contribution is 2.41. The van der Waals surface area contributed by atoms with E-state index in [1.165, 1.54) is 0 Å². The molecule has 2 saturated heterocycles. The van der Waals surface area contributed by atoms with Gasteiger partial charge >= 0.3 is 6.18 Å². The van der Waals surface area contributed by atoms with Gasteiger partial charge in [-0.15, -0.1) is 11.3 Å². The van der Waals surface area contributed by atoms with E-state index in [0.717, 1.165) is 24.2 Å². The summed E-state index contributed by atoms with van der Waals surface area (Å²) in [5.41, 5.74) is 0.618. The summed E-state index contributed by atoms with van der Waals surface area (Å²) in [4.78, 5) is 2.17. The van der Waals surface area contributed by atoms with E-state index in [1.54, 1.807) is 18.2 Å². The lowest BCUT2D eigenvalue weighted by atomic mass is 9.95. The monoisotopic (exact) mass is 397 g/mol. The highest BCUT2D eigenvalue weighted by Gasteiger charge is 2.46. The molecule has 0 radical (unpaired) electrons. The third kappa shape index (κ3) is 3.27. The van der Waals surface area contributed by atoms with Crippen molar-refractivity contribution in [2.24, 2.45) is 0 Å². The van der Waals surface area contributed by atoms with E-state index in [2.05, 4.69) is 10.2 Å². The summed E-state index contributed by atoms with van der Waals surface area (Å²) in [5.74, 6) is 0. The number of alkyl halides is 4. The zero-order valence-corrected chi connectivity index (χ0v) is 15.5. The molecule has 3 heterocycles. The summed E-state index contributed by atoms with van der Waals surface area (Å²) in [5, 5.41) is 12.9. The van der Waals surface area contributed by atoms with Gasteiger partial charge in [-0.1, -0.05) is 12.1 Å². The summed E-state index contributed by atoms with van der Waals surface area (Å²) in [6.07, 6.45) is -4.09. The molecule has 1 N–H and O–H groups in total. The molecule has 27 heavy (non-hydrogen) atoms. The van der Waals surface area contributed by atoms with Gasteiger partial charge in [0.1, 0.15) is 17.1 Å². The van der Waals surface area contributed by atoms with E-state index in [-0.39, 0.29) is 22.5 Å². The Kier molecular flexibility index (Phi) is 4.55. The fraction of sp³-hybridized carbons (Fsp3) is 0.526. The lowest BCUT2D eigenvalue weighted by molar-refractivity contribution is -0.126. The van der Waals surface area contributed by atoms with Crippen LogP contribution >= 0.6 is 11.3 Å². The minimum absolute atomic E-state index is 0.00824. The van der Waals surface area contributed by atoms with E-state index in [0.29, 0.717) is 28.2 Å². The zero-order chi connectivity index (χ0) is 19.3. The Bertz CT molecular complexity index is 901. The van der Waals surface area contributed by atoms with Gasteiger partial charge in [-0.2, -0.15) is 18.4 Å². The molecule has 2 aliphatic heterocycles. The molecule has 0 spiro atoms. The van der Waals surface area contributed by atoms with Crippen molar-refractivity contribution in [2.45, 2.75) is 56.2 Å². The van der Waals surface area contributed by atoms with Crippen molar-refractivity contribution in [3.8, 4) is 6.07 Å². The van der Waals surface area contributed by atoms with Crippen LogP contribution in [0.3, 0.4) is 0 Å². The van der Waals surface area contributed by atoms with Gasteiger partial charge in [-0.25, -0.2) is 4.39 Å². The average molecular weight is 397 g/mol. The van der Waals surface area contributed by atoms with Crippen LogP contribution in [0, 0.1) is 11.3 Å². The lowest BCUT2D eigenvalue weighted by Gasteiger charge is -2.39. The summed E-state index contributed by atoms with van der Waals surface area (Å²) in [7, 11) is 1.95. The summed E-state index contributed by atoms with van der Waals surface area (Å²) in [6.45, 7) is 0. The molecule has 0 unspecified atom stereocenters. The third-order valence-corrected chi connectivity index (χ3v) is 7.00. The van der Waals surface area contributed by atoms with E-state index >= 15 is 0 Å². The van der Waals surface area contributed by atoms with E-state index in [9.17, 15) is 22.8 Å². The van der Waals surface area contributed by atoms with Crippen molar-refractivity contribution in [1.29, 1.82) is 5.26 Å². The molecule has 0 saturated carbocycles. The Morgan fingerprint density at radius 3 is 2.81 bits per heavy atom. The van der Waals surface area contributed by atoms with Crippen molar-refractivity contribution in [2.75, 3.05) is 12.4 Å². The maximum Gasteiger partial charge on any atom is 0.393 e. The molecule has 2 aromatic rings. The van der Waals surface area contributed by atoms with Crippen molar-refractivity contribution in [1.82, 2.24) is 4.90 Å². The Balaban J connectivity index is 1.68. The van der Waals surface area contributed by atoms with Gasteiger partial charge in [-0.3, -0.25) is 4.90 Å². The number of nitrogens with one attached hydrogen (secondary N) is 1. The number of nitriles is 1. The van der Waals surface area contributed by atoms with Crippen LogP contribution in [-0.2, 0) is 6.42 Å². The number of fused-ring (bicyclic) bond motifs is 3. The van der Waals surface area contributed by atoms with Gasteiger partial charge in [0.15, 0.2) is 0 Å². The number of hydrogen-bond donors (Lipinski definition) is 1. The fourth-order valence-electron chi connectivity index (χ4n) is 4.49. The predicted octanol–water partition coefficient (Wildman–Crippen LogP) is 4.86. The Hall–Kier alpha value is -1.85. The van der Waals surface area contributed by atoms with Gasteiger partial charge in [0, 0.05) is 12.1 Å². The number of hydrogen-bond acceptors (Lipinski definition) is 4. The maximum atomic E-state index is 14.9. The van der Waals surface area contributed by atoms with Crippen LogP contribution in [0.1, 0.15) is 29.7 Å². The second-order valence-electron chi connectivity index (χ2n) is 7.39. The molecule has 4 atom stereocenters. The van der Waals surface area contributed by atoms with E-state index in [1.807, 2.05) is 13.1 Å². The Morgan fingerprint density at radius 2 is 2.11 bits per heavy atom. The van der Waals surface area contributed by atoms with Crippen molar-refractivity contribution in [3.63, 3.8) is 0 Å². The van der Waals surface area contributed by atoms with E-state index in [4.69, 9.17) is 0 Å². The van der Waals surface area contributed by atoms with Gasteiger partial charge < -0.3 is 5.32 Å². The second kappa shape index (κ2) is 6.64. The zero-order valence-electron chi connectivity index (χ0n) is 14.7. The standard InChI is InChI=1S/C19H19F4N3S/c1-26-10-5-6-15(26)17(20)14(7-10)25-13-4-2-3-11-12(8-19(21,22)23)16(9-24)27-18(11)13/h2-4,10,14-15,17,25H,5-8H2,1H3/t10-,14-,15+,17-/m1/s1. The van der Waals surface area contributed by atoms with Gasteiger partial charge in [-0.05, 0) is 43.3 Å². The third-order valence-electron chi connectivity index (χ3n) is 5.81. The average Bonchev–Trinajstić information content (AvgIpc) is 3.08. The molecule has 4 rings (SSSR count). The predicted molar refractivity (Wildman–Crippen MR) is 97.8 cm³/mol. The number of halogens is 4. The maximum absolute atomic E-state index is 14.9. The van der Waals surface area contributed by atoms with Crippen LogP contribution in [0.5, 0.6) is 0 Å². The van der Waals surface area contributed by atoms with Gasteiger partial charge in [0.2, 0.25) is 0 Å². The molecule has 0 aliphatic carbocycles. The first kappa shape index (κ1) is 18.5. The second-order valence-corrected chi connectivity index (χ2v) is 8.41. The van der Waals surface area contributed by atoms with Crippen LogP contribution in [-0.4, -0.2) is 42.4 Å². The molecular formula is C19H19F4N3S. The van der Waals surface area contributed by atoms with Crippen LogP contribution in [0.2, 0.25) is 0 Å². The first-order valence-corrected chi connectivity index (χ1v) is 9.74. The number of anilines is 1. The molecule has 8 heteroatoms. The summed E-state index contributed by atoms with van der Waals surface area (Å²) >= 11 is 1.04. The molecule has 1 aromatic heterocycles. The highest BCUT2D eigenvalue weighted by atomic mass is 32.1. The minimum atomic E-state index is -4.39. The first-order valence-electron chi connectivity index (χ1n) is 8.92. The number of thiophene rings is 1. The fourth-order valence-corrected chi connectivity index (χ4v) is 5.58. The van der Waals surface area contributed by atoms with E-state index < -0.39 is 18.8 Å². The van der Waals surface area contributed by atoms with Crippen LogP contribution < -0.4 is 5.32 Å². The number of nitrogens with zero attached hydrogens (tertiary/aromatic N) is 2. The Labute approximate surface area is 158 Å². The number of piperidine rings is 1. The van der Waals surface area contributed by atoms with Crippen LogP contribution in [0.4, 0.5) is 23.2 Å². The van der Waals surface area contributed by atoms with Crippen LogP contribution in [0.15, 0.2) is 18.2 Å². The smallest absolute Gasteiger partial charge is 0.378 e. The summed E-state index contributed by atoms with van der Waals surface area (Å²) in [6, 6.07) is 6.75.